The maximum Gasteiger partial charge on any atom is 0.342 e. The van der Waals surface area contributed by atoms with Crippen molar-refractivity contribution in [1.29, 1.82) is 0 Å². The average molecular weight is 360 g/mol. The van der Waals surface area contributed by atoms with Gasteiger partial charge >= 0.3 is 5.97 Å². The third-order valence-electron chi connectivity index (χ3n) is 4.79. The van der Waals surface area contributed by atoms with Gasteiger partial charge in [-0.2, -0.15) is 0 Å². The van der Waals surface area contributed by atoms with E-state index in [1.165, 1.54) is 19.1 Å². The highest BCUT2D eigenvalue weighted by atomic mass is 16.5. The molecule has 1 aromatic rings. The van der Waals surface area contributed by atoms with Crippen LogP contribution in [-0.4, -0.2) is 46.4 Å². The molecule has 0 amide bonds. The molecule has 2 bridgehead atoms. The third kappa shape index (κ3) is 4.51. The number of fused-ring (bicyclic) bond motifs is 3. The molecular formula is C20H24O6. The Kier molecular flexibility index (Phi) is 5.74. The topological polar surface area (TPSA) is 93.1 Å². The van der Waals surface area contributed by atoms with Gasteiger partial charge in [-0.3, -0.25) is 4.79 Å². The minimum atomic E-state index is -0.570. The highest BCUT2D eigenvalue weighted by Gasteiger charge is 2.34. The Hall–Kier alpha value is -2.18. The molecule has 2 aliphatic rings. The fraction of sp³-hybridized carbons (Fsp3) is 0.500. The van der Waals surface area contributed by atoms with Crippen LogP contribution >= 0.6 is 0 Å². The maximum atomic E-state index is 12.7. The number of hydrogen-bond acceptors (Lipinski definition) is 6. The summed E-state index contributed by atoms with van der Waals surface area (Å²) < 4.78 is 11.7. The number of allylic oxidation sites excluding steroid dienone is 1. The lowest BCUT2D eigenvalue weighted by Crippen LogP contribution is -2.40. The summed E-state index contributed by atoms with van der Waals surface area (Å²) in [7, 11) is 0. The summed E-state index contributed by atoms with van der Waals surface area (Å²) in [4.78, 5) is 23.8. The normalized spacial score (nSPS) is 29.1. The Bertz CT molecular complexity index is 710. The number of carbonyl (C=O) groups is 2. The van der Waals surface area contributed by atoms with Gasteiger partial charge in [0.15, 0.2) is 5.78 Å². The van der Waals surface area contributed by atoms with Gasteiger partial charge in [-0.05, 0) is 43.9 Å². The second-order valence-corrected chi connectivity index (χ2v) is 7.03. The minimum Gasteiger partial charge on any atom is -0.507 e. The van der Waals surface area contributed by atoms with E-state index in [4.69, 9.17) is 9.47 Å². The fourth-order valence-corrected chi connectivity index (χ4v) is 3.69. The van der Waals surface area contributed by atoms with Crippen LogP contribution in [0, 0.1) is 0 Å². The highest BCUT2D eigenvalue weighted by molar-refractivity contribution is 5.94. The number of rotatable bonds is 3. The molecule has 140 valence electrons. The van der Waals surface area contributed by atoms with Crippen molar-refractivity contribution in [2.24, 2.45) is 0 Å². The summed E-state index contributed by atoms with van der Waals surface area (Å²) in [5.74, 6) is -0.776. The SMILES string of the molecule is CC(=O)/C=C/CC1C[C@H]2CC(O)CC(Cc3cccc(O)c3C(=O)O1)O2. The quantitative estimate of drug-likeness (QED) is 0.635. The van der Waals surface area contributed by atoms with Gasteiger partial charge in [0.2, 0.25) is 0 Å². The van der Waals surface area contributed by atoms with Gasteiger partial charge in [0.1, 0.15) is 17.4 Å². The molecular weight excluding hydrogens is 336 g/mol. The first kappa shape index (κ1) is 18.6. The first-order chi connectivity index (χ1) is 12.4. The summed E-state index contributed by atoms with van der Waals surface area (Å²) >= 11 is 0. The lowest BCUT2D eigenvalue weighted by molar-refractivity contribution is -0.112. The van der Waals surface area contributed by atoms with E-state index < -0.39 is 18.2 Å². The Morgan fingerprint density at radius 1 is 1.27 bits per heavy atom. The second kappa shape index (κ2) is 8.01. The minimum absolute atomic E-state index is 0.0800. The Morgan fingerprint density at radius 2 is 2.04 bits per heavy atom. The molecule has 0 aliphatic carbocycles. The van der Waals surface area contributed by atoms with Crippen LogP contribution in [0.1, 0.15) is 48.5 Å². The summed E-state index contributed by atoms with van der Waals surface area (Å²) in [6, 6.07) is 4.90. The lowest BCUT2D eigenvalue weighted by atomic mass is 9.91. The van der Waals surface area contributed by atoms with Crippen molar-refractivity contribution in [3.63, 3.8) is 0 Å². The highest BCUT2D eigenvalue weighted by Crippen LogP contribution is 2.32. The molecule has 3 rings (SSSR count). The summed E-state index contributed by atoms with van der Waals surface area (Å²) in [6.45, 7) is 1.45. The molecule has 26 heavy (non-hydrogen) atoms. The van der Waals surface area contributed by atoms with Crippen LogP contribution in [-0.2, 0) is 20.7 Å². The molecule has 0 saturated carbocycles. The monoisotopic (exact) mass is 360 g/mol. The second-order valence-electron chi connectivity index (χ2n) is 7.03. The maximum absolute atomic E-state index is 12.7. The number of hydrogen-bond donors (Lipinski definition) is 2. The Labute approximate surface area is 152 Å². The van der Waals surface area contributed by atoms with E-state index in [1.807, 2.05) is 0 Å². The Balaban J connectivity index is 1.91. The number of benzene rings is 1. The van der Waals surface area contributed by atoms with Crippen LogP contribution in [0.2, 0.25) is 0 Å². The van der Waals surface area contributed by atoms with Crippen molar-refractivity contribution in [3.8, 4) is 5.75 Å². The zero-order valence-corrected chi connectivity index (χ0v) is 14.8. The van der Waals surface area contributed by atoms with Gasteiger partial charge in [0, 0.05) is 12.8 Å². The molecule has 2 N–H and O–H groups in total. The number of phenols is 1. The summed E-state index contributed by atoms with van der Waals surface area (Å²) in [5, 5.41) is 20.4. The molecule has 1 fully saturated rings. The number of aromatic hydroxyl groups is 1. The molecule has 2 aliphatic heterocycles. The fourth-order valence-electron chi connectivity index (χ4n) is 3.69. The first-order valence-electron chi connectivity index (χ1n) is 8.95. The van der Waals surface area contributed by atoms with Gasteiger partial charge < -0.3 is 19.7 Å². The molecule has 0 aromatic heterocycles. The van der Waals surface area contributed by atoms with E-state index >= 15 is 0 Å². The summed E-state index contributed by atoms with van der Waals surface area (Å²) in [6.07, 6.45) is 3.94. The lowest BCUT2D eigenvalue weighted by Gasteiger charge is -2.36. The van der Waals surface area contributed by atoms with E-state index in [0.29, 0.717) is 37.7 Å². The van der Waals surface area contributed by atoms with E-state index in [9.17, 15) is 19.8 Å². The molecule has 6 heteroatoms. The molecule has 4 atom stereocenters. The standard InChI is InChI=1S/C20H24O6/c1-12(21)4-2-6-15-11-17-10-14(22)9-16(25-17)8-13-5-3-7-18(23)19(13)20(24)26-15/h2-5,7,14-17,22-23H,6,8-11H2,1H3/b4-2+/t14?,15?,16?,17-/m1/s1. The predicted molar refractivity (Wildman–Crippen MR) is 94.0 cm³/mol. The van der Waals surface area contributed by atoms with E-state index in [-0.39, 0.29) is 29.3 Å². The largest absolute Gasteiger partial charge is 0.507 e. The number of carbonyl (C=O) groups excluding carboxylic acids is 2. The van der Waals surface area contributed by atoms with Crippen LogP contribution in [0.5, 0.6) is 5.75 Å². The van der Waals surface area contributed by atoms with Crippen molar-refractivity contribution in [3.05, 3.63) is 41.5 Å². The average Bonchev–Trinajstić information content (AvgIpc) is 2.53. The number of phenolic OH excluding ortho intramolecular Hbond substituents is 1. The molecule has 1 saturated heterocycles. The van der Waals surface area contributed by atoms with Crippen LogP contribution in [0.3, 0.4) is 0 Å². The number of ketones is 1. The molecule has 2 heterocycles. The molecule has 0 spiro atoms. The van der Waals surface area contributed by atoms with E-state index in [1.54, 1.807) is 18.2 Å². The van der Waals surface area contributed by atoms with Crippen molar-refractivity contribution in [1.82, 2.24) is 0 Å². The van der Waals surface area contributed by atoms with Crippen molar-refractivity contribution in [2.45, 2.75) is 63.4 Å². The van der Waals surface area contributed by atoms with Gasteiger partial charge in [-0.25, -0.2) is 4.79 Å². The van der Waals surface area contributed by atoms with Crippen molar-refractivity contribution >= 4 is 11.8 Å². The number of esters is 1. The first-order valence-corrected chi connectivity index (χ1v) is 8.95. The molecule has 1 aromatic carbocycles. The zero-order chi connectivity index (χ0) is 18.7. The van der Waals surface area contributed by atoms with Crippen LogP contribution < -0.4 is 0 Å². The van der Waals surface area contributed by atoms with Crippen molar-refractivity contribution in [2.75, 3.05) is 0 Å². The number of ether oxygens (including phenoxy) is 2. The summed E-state index contributed by atoms with van der Waals surface area (Å²) in [5.41, 5.74) is 0.794. The van der Waals surface area contributed by atoms with E-state index in [0.717, 1.165) is 0 Å². The van der Waals surface area contributed by atoms with Gasteiger partial charge in [-0.15, -0.1) is 0 Å². The number of cyclic esters (lactones) is 1. The molecule has 3 unspecified atom stereocenters. The number of aliphatic hydroxyl groups excluding tert-OH is 1. The smallest absolute Gasteiger partial charge is 0.342 e. The number of aliphatic hydroxyl groups is 1. The van der Waals surface area contributed by atoms with Crippen LogP contribution in [0.4, 0.5) is 0 Å². The molecule has 6 nitrogen and oxygen atoms in total. The Morgan fingerprint density at radius 3 is 2.81 bits per heavy atom. The molecule has 0 radical (unpaired) electrons. The predicted octanol–water partition coefficient (Wildman–Crippen LogP) is 2.31. The van der Waals surface area contributed by atoms with Crippen LogP contribution in [0.15, 0.2) is 30.4 Å². The van der Waals surface area contributed by atoms with Crippen molar-refractivity contribution < 1.29 is 29.3 Å². The van der Waals surface area contributed by atoms with E-state index in [2.05, 4.69) is 0 Å². The zero-order valence-electron chi connectivity index (χ0n) is 14.8. The van der Waals surface area contributed by atoms with Gasteiger partial charge in [-0.1, -0.05) is 18.2 Å². The van der Waals surface area contributed by atoms with Crippen LogP contribution in [0.25, 0.3) is 0 Å². The van der Waals surface area contributed by atoms with Gasteiger partial charge in [0.25, 0.3) is 0 Å². The third-order valence-corrected chi connectivity index (χ3v) is 4.79. The van der Waals surface area contributed by atoms with Gasteiger partial charge in [0.05, 0.1) is 18.3 Å².